The molecule has 3 rings (SSSR count). The van der Waals surface area contributed by atoms with Gasteiger partial charge in [-0.05, 0) is 24.3 Å². The van der Waals surface area contributed by atoms with Crippen LogP contribution in [0.15, 0.2) is 48.7 Å². The van der Waals surface area contributed by atoms with E-state index in [1.807, 2.05) is 18.2 Å². The van der Waals surface area contributed by atoms with Gasteiger partial charge in [0.2, 0.25) is 0 Å². The molecule has 0 saturated heterocycles. The maximum atomic E-state index is 12.1. The summed E-state index contributed by atoms with van der Waals surface area (Å²) in [6, 6.07) is 12.0. The van der Waals surface area contributed by atoms with Gasteiger partial charge < -0.3 is 15.0 Å². The van der Waals surface area contributed by atoms with Crippen LogP contribution in [0.2, 0.25) is 10.0 Å². The summed E-state index contributed by atoms with van der Waals surface area (Å²) in [4.78, 5) is 27.0. The van der Waals surface area contributed by atoms with Gasteiger partial charge in [-0.25, -0.2) is 4.79 Å². The van der Waals surface area contributed by atoms with E-state index in [-0.39, 0.29) is 0 Å². The van der Waals surface area contributed by atoms with E-state index in [1.165, 1.54) is 6.07 Å². The van der Waals surface area contributed by atoms with Gasteiger partial charge in [0, 0.05) is 22.1 Å². The average molecular weight is 363 g/mol. The Morgan fingerprint density at radius 2 is 1.92 bits per heavy atom. The molecule has 5 nitrogen and oxygen atoms in total. The molecular weight excluding hydrogens is 351 g/mol. The van der Waals surface area contributed by atoms with Gasteiger partial charge in [0.1, 0.15) is 0 Å². The Morgan fingerprint density at radius 1 is 1.12 bits per heavy atom. The van der Waals surface area contributed by atoms with Crippen molar-refractivity contribution < 1.29 is 14.3 Å². The van der Waals surface area contributed by atoms with Crippen molar-refractivity contribution in [3.05, 3.63) is 64.3 Å². The zero-order chi connectivity index (χ0) is 17.1. The van der Waals surface area contributed by atoms with Crippen molar-refractivity contribution in [2.45, 2.75) is 0 Å². The molecule has 0 atom stereocenters. The molecule has 0 aliphatic carbocycles. The minimum atomic E-state index is -0.579. The van der Waals surface area contributed by atoms with Crippen LogP contribution >= 0.6 is 23.2 Å². The van der Waals surface area contributed by atoms with E-state index in [2.05, 4.69) is 10.3 Å². The molecule has 0 aliphatic rings. The van der Waals surface area contributed by atoms with Crippen LogP contribution in [-0.2, 0) is 9.53 Å². The number of H-pyrrole nitrogens is 1. The third kappa shape index (κ3) is 3.53. The summed E-state index contributed by atoms with van der Waals surface area (Å²) in [5, 5.41) is 4.07. The van der Waals surface area contributed by atoms with Crippen molar-refractivity contribution in [2.75, 3.05) is 11.9 Å². The average Bonchev–Trinajstić information content (AvgIpc) is 2.99. The molecule has 1 aromatic heterocycles. The van der Waals surface area contributed by atoms with Crippen LogP contribution in [-0.4, -0.2) is 23.5 Å². The second-order valence-electron chi connectivity index (χ2n) is 5.00. The summed E-state index contributed by atoms with van der Waals surface area (Å²) in [7, 11) is 0. The highest BCUT2D eigenvalue weighted by Crippen LogP contribution is 2.25. The molecule has 0 bridgehead atoms. The minimum absolute atomic E-state index is 0.304. The summed E-state index contributed by atoms with van der Waals surface area (Å²) in [5.41, 5.74) is 1.60. The fourth-order valence-electron chi connectivity index (χ4n) is 2.23. The number of aromatic amines is 1. The van der Waals surface area contributed by atoms with Gasteiger partial charge in [0.25, 0.3) is 5.91 Å². The lowest BCUT2D eigenvalue weighted by Gasteiger charge is -2.08. The van der Waals surface area contributed by atoms with E-state index in [9.17, 15) is 9.59 Å². The van der Waals surface area contributed by atoms with E-state index in [4.69, 9.17) is 27.9 Å². The summed E-state index contributed by atoms with van der Waals surface area (Å²) >= 11 is 11.8. The first kappa shape index (κ1) is 16.4. The second-order valence-corrected chi connectivity index (χ2v) is 5.84. The maximum absolute atomic E-state index is 12.1. The molecule has 1 heterocycles. The predicted molar refractivity (Wildman–Crippen MR) is 93.7 cm³/mol. The van der Waals surface area contributed by atoms with Crippen molar-refractivity contribution >= 4 is 51.7 Å². The molecule has 2 N–H and O–H groups in total. The van der Waals surface area contributed by atoms with Crippen molar-refractivity contribution in [1.29, 1.82) is 0 Å². The van der Waals surface area contributed by atoms with E-state index in [1.54, 1.807) is 24.4 Å². The van der Waals surface area contributed by atoms with Crippen LogP contribution in [0.25, 0.3) is 10.9 Å². The van der Waals surface area contributed by atoms with Crippen molar-refractivity contribution in [1.82, 2.24) is 4.98 Å². The van der Waals surface area contributed by atoms with Gasteiger partial charge in [-0.2, -0.15) is 0 Å². The molecular formula is C17H12Cl2N2O3. The van der Waals surface area contributed by atoms with Crippen LogP contribution < -0.4 is 5.32 Å². The Kier molecular flexibility index (Phi) is 4.74. The summed E-state index contributed by atoms with van der Waals surface area (Å²) in [5.74, 6) is -1.07. The highest BCUT2D eigenvalue weighted by molar-refractivity contribution is 6.36. The number of esters is 1. The number of benzene rings is 2. The number of nitrogens with one attached hydrogen (secondary N) is 2. The second kappa shape index (κ2) is 6.95. The summed E-state index contributed by atoms with van der Waals surface area (Å²) in [6.07, 6.45) is 1.56. The minimum Gasteiger partial charge on any atom is -0.452 e. The largest absolute Gasteiger partial charge is 0.452 e. The summed E-state index contributed by atoms with van der Waals surface area (Å²) < 4.78 is 5.05. The molecule has 0 spiro atoms. The first-order chi connectivity index (χ1) is 11.5. The Hall–Kier alpha value is -2.50. The molecule has 0 saturated carbocycles. The van der Waals surface area contributed by atoms with Gasteiger partial charge >= 0.3 is 5.97 Å². The maximum Gasteiger partial charge on any atom is 0.340 e. The van der Waals surface area contributed by atoms with Gasteiger partial charge in [-0.1, -0.05) is 41.4 Å². The number of carbonyl (C=O) groups is 2. The zero-order valence-electron chi connectivity index (χ0n) is 12.3. The molecule has 1 amide bonds. The fraction of sp³-hybridized carbons (Fsp3) is 0.0588. The lowest BCUT2D eigenvalue weighted by atomic mass is 10.2. The number of rotatable bonds is 4. The van der Waals surface area contributed by atoms with Crippen LogP contribution in [0.3, 0.4) is 0 Å². The number of aromatic nitrogens is 1. The summed E-state index contributed by atoms with van der Waals surface area (Å²) in [6.45, 7) is -0.419. The molecule has 24 heavy (non-hydrogen) atoms. The molecule has 0 fully saturated rings. The first-order valence-electron chi connectivity index (χ1n) is 7.03. The van der Waals surface area contributed by atoms with Crippen LogP contribution in [0.5, 0.6) is 0 Å². The molecule has 2 aromatic carbocycles. The van der Waals surface area contributed by atoms with Gasteiger partial charge in [0.05, 0.1) is 16.3 Å². The Bertz CT molecular complexity index is 921. The number of carbonyl (C=O) groups excluding carboxylic acids is 2. The standard InChI is InChI=1S/C17H12Cl2N2O3/c18-10-5-6-15(13(19)7-10)21-16(22)9-24-17(23)12-8-20-14-4-2-1-3-11(12)14/h1-8,20H,9H2,(H,21,22). The number of anilines is 1. The SMILES string of the molecule is O=C(COC(=O)c1c[nH]c2ccccc12)Nc1ccc(Cl)cc1Cl. The monoisotopic (exact) mass is 362 g/mol. The number of hydrogen-bond donors (Lipinski definition) is 2. The lowest BCUT2D eigenvalue weighted by molar-refractivity contribution is -0.119. The quantitative estimate of drug-likeness (QED) is 0.680. The van der Waals surface area contributed by atoms with Crippen LogP contribution in [0, 0.1) is 0 Å². The Morgan fingerprint density at radius 3 is 2.71 bits per heavy atom. The number of hydrogen-bond acceptors (Lipinski definition) is 3. The van der Waals surface area contributed by atoms with Crippen molar-refractivity contribution in [3.8, 4) is 0 Å². The first-order valence-corrected chi connectivity index (χ1v) is 7.78. The molecule has 122 valence electrons. The van der Waals surface area contributed by atoms with Gasteiger partial charge in [-0.3, -0.25) is 4.79 Å². The van der Waals surface area contributed by atoms with Gasteiger partial charge in [0.15, 0.2) is 6.61 Å². The van der Waals surface area contributed by atoms with Crippen molar-refractivity contribution in [3.63, 3.8) is 0 Å². The molecule has 3 aromatic rings. The third-order valence-corrected chi connectivity index (χ3v) is 3.90. The lowest BCUT2D eigenvalue weighted by Crippen LogP contribution is -2.21. The molecule has 0 unspecified atom stereocenters. The topological polar surface area (TPSA) is 71.2 Å². The number of halogens is 2. The van der Waals surface area contributed by atoms with Crippen LogP contribution in [0.1, 0.15) is 10.4 Å². The fourth-order valence-corrected chi connectivity index (χ4v) is 2.68. The van der Waals surface area contributed by atoms with E-state index >= 15 is 0 Å². The normalized spacial score (nSPS) is 10.6. The number of amides is 1. The molecule has 0 radical (unpaired) electrons. The number of ether oxygens (including phenoxy) is 1. The smallest absolute Gasteiger partial charge is 0.340 e. The Balaban J connectivity index is 1.62. The predicted octanol–water partition coefficient (Wildman–Crippen LogP) is 4.27. The number of fused-ring (bicyclic) bond motifs is 1. The number of para-hydroxylation sites is 1. The highest BCUT2D eigenvalue weighted by atomic mass is 35.5. The Labute approximate surface area is 147 Å². The zero-order valence-corrected chi connectivity index (χ0v) is 13.8. The van der Waals surface area contributed by atoms with E-state index in [0.29, 0.717) is 21.3 Å². The van der Waals surface area contributed by atoms with Crippen LogP contribution in [0.4, 0.5) is 5.69 Å². The molecule has 0 aliphatic heterocycles. The van der Waals surface area contributed by atoms with E-state index < -0.39 is 18.5 Å². The van der Waals surface area contributed by atoms with Crippen molar-refractivity contribution in [2.24, 2.45) is 0 Å². The van der Waals surface area contributed by atoms with Gasteiger partial charge in [-0.15, -0.1) is 0 Å². The highest BCUT2D eigenvalue weighted by Gasteiger charge is 2.15. The van der Waals surface area contributed by atoms with E-state index in [0.717, 1.165) is 10.9 Å². The third-order valence-electron chi connectivity index (χ3n) is 3.35. The molecule has 7 heteroatoms.